The summed E-state index contributed by atoms with van der Waals surface area (Å²) in [4.78, 5) is 2.63. The molecule has 4 rings (SSSR count). The lowest BCUT2D eigenvalue weighted by Crippen LogP contribution is -2.36. The standard InChI is InChI=1S/C29H37N/c1-5-9-24-10-7-12-27-25(24)11-8-13-28(27)26-15-14-22(20-23(26)6-2)21-30-18-16-29(3,4)17-19-30/h7-8,10-15,20H,5-6,9,16-19,21H2,1-4H3. The van der Waals surface area contributed by atoms with E-state index in [1.807, 2.05) is 0 Å². The molecule has 1 fully saturated rings. The van der Waals surface area contributed by atoms with Gasteiger partial charge in [-0.25, -0.2) is 0 Å². The Morgan fingerprint density at radius 3 is 2.27 bits per heavy atom. The van der Waals surface area contributed by atoms with E-state index in [9.17, 15) is 0 Å². The Morgan fingerprint density at radius 2 is 1.53 bits per heavy atom. The third kappa shape index (κ3) is 4.47. The summed E-state index contributed by atoms with van der Waals surface area (Å²) in [5.74, 6) is 0. The van der Waals surface area contributed by atoms with E-state index in [0.29, 0.717) is 5.41 Å². The number of nitrogens with zero attached hydrogens (tertiary/aromatic N) is 1. The zero-order valence-corrected chi connectivity index (χ0v) is 19.3. The molecule has 0 N–H and O–H groups in total. The molecule has 1 aliphatic rings. The zero-order chi connectivity index (χ0) is 21.1. The average molecular weight is 400 g/mol. The van der Waals surface area contributed by atoms with Crippen LogP contribution >= 0.6 is 0 Å². The van der Waals surface area contributed by atoms with Crippen molar-refractivity contribution < 1.29 is 0 Å². The molecule has 158 valence electrons. The fraction of sp³-hybridized carbons (Fsp3) is 0.448. The van der Waals surface area contributed by atoms with E-state index < -0.39 is 0 Å². The Morgan fingerprint density at radius 1 is 0.800 bits per heavy atom. The van der Waals surface area contributed by atoms with Gasteiger partial charge in [-0.15, -0.1) is 0 Å². The van der Waals surface area contributed by atoms with Crippen LogP contribution in [0.3, 0.4) is 0 Å². The Bertz CT molecular complexity index is 1000. The Hall–Kier alpha value is -2.12. The van der Waals surface area contributed by atoms with Gasteiger partial charge < -0.3 is 0 Å². The van der Waals surface area contributed by atoms with Crippen molar-refractivity contribution in [2.24, 2.45) is 5.41 Å². The fourth-order valence-electron chi connectivity index (χ4n) is 4.97. The predicted molar refractivity (Wildman–Crippen MR) is 131 cm³/mol. The summed E-state index contributed by atoms with van der Waals surface area (Å²) in [5.41, 5.74) is 7.70. The average Bonchev–Trinajstić information content (AvgIpc) is 2.75. The van der Waals surface area contributed by atoms with Crippen LogP contribution in [0, 0.1) is 5.41 Å². The van der Waals surface area contributed by atoms with Crippen LogP contribution in [0.25, 0.3) is 21.9 Å². The first-order chi connectivity index (χ1) is 14.5. The lowest BCUT2D eigenvalue weighted by molar-refractivity contribution is 0.127. The number of rotatable bonds is 6. The van der Waals surface area contributed by atoms with Crippen LogP contribution < -0.4 is 0 Å². The number of benzene rings is 3. The Kier molecular flexibility index (Phi) is 6.29. The lowest BCUT2D eigenvalue weighted by Gasteiger charge is -2.37. The second-order valence-electron chi connectivity index (χ2n) is 9.85. The molecule has 0 spiro atoms. The smallest absolute Gasteiger partial charge is 0.0233 e. The molecule has 0 aromatic heterocycles. The highest BCUT2D eigenvalue weighted by molar-refractivity contribution is 5.99. The number of likely N-dealkylation sites (tertiary alicyclic amines) is 1. The minimum absolute atomic E-state index is 0.514. The first-order valence-corrected chi connectivity index (χ1v) is 11.9. The molecule has 0 saturated carbocycles. The molecule has 0 amide bonds. The van der Waals surface area contributed by atoms with Gasteiger partial charge in [0, 0.05) is 6.54 Å². The van der Waals surface area contributed by atoms with Gasteiger partial charge in [-0.1, -0.05) is 88.7 Å². The van der Waals surface area contributed by atoms with Crippen molar-refractivity contribution in [2.45, 2.75) is 66.3 Å². The van der Waals surface area contributed by atoms with Crippen molar-refractivity contribution in [2.75, 3.05) is 13.1 Å². The molecule has 30 heavy (non-hydrogen) atoms. The molecule has 1 saturated heterocycles. The minimum atomic E-state index is 0.514. The van der Waals surface area contributed by atoms with Crippen molar-refractivity contribution in [1.82, 2.24) is 4.90 Å². The number of fused-ring (bicyclic) bond motifs is 1. The summed E-state index contributed by atoms with van der Waals surface area (Å²) in [7, 11) is 0. The van der Waals surface area contributed by atoms with Gasteiger partial charge in [-0.2, -0.15) is 0 Å². The zero-order valence-electron chi connectivity index (χ0n) is 19.3. The van der Waals surface area contributed by atoms with Crippen LogP contribution in [0.5, 0.6) is 0 Å². The highest BCUT2D eigenvalue weighted by Gasteiger charge is 2.25. The van der Waals surface area contributed by atoms with Gasteiger partial charge >= 0.3 is 0 Å². The maximum atomic E-state index is 2.63. The Balaban J connectivity index is 1.65. The molecular weight excluding hydrogens is 362 g/mol. The molecule has 1 heteroatoms. The van der Waals surface area contributed by atoms with Crippen molar-refractivity contribution in [3.05, 3.63) is 71.3 Å². The van der Waals surface area contributed by atoms with Crippen LogP contribution in [0.15, 0.2) is 54.6 Å². The minimum Gasteiger partial charge on any atom is -0.299 e. The molecule has 0 aliphatic carbocycles. The molecular formula is C29H37N. The summed E-state index contributed by atoms with van der Waals surface area (Å²) in [6.07, 6.45) is 6.02. The first-order valence-electron chi connectivity index (χ1n) is 11.9. The molecule has 1 aliphatic heterocycles. The molecule has 3 aromatic carbocycles. The van der Waals surface area contributed by atoms with E-state index in [4.69, 9.17) is 0 Å². The predicted octanol–water partition coefficient (Wildman–Crippen LogP) is 7.64. The quantitative estimate of drug-likeness (QED) is 0.411. The normalized spacial score (nSPS) is 16.8. The molecule has 0 bridgehead atoms. The number of piperidine rings is 1. The second kappa shape index (κ2) is 8.94. The topological polar surface area (TPSA) is 3.24 Å². The third-order valence-corrected chi connectivity index (χ3v) is 6.99. The highest BCUT2D eigenvalue weighted by Crippen LogP contribution is 2.34. The van der Waals surface area contributed by atoms with Gasteiger partial charge in [0.05, 0.1) is 0 Å². The first kappa shape index (κ1) is 21.1. The highest BCUT2D eigenvalue weighted by atomic mass is 15.1. The van der Waals surface area contributed by atoms with Crippen LogP contribution in [0.2, 0.25) is 0 Å². The number of hydrogen-bond acceptors (Lipinski definition) is 1. The third-order valence-electron chi connectivity index (χ3n) is 6.99. The van der Waals surface area contributed by atoms with E-state index in [2.05, 4.69) is 87.2 Å². The van der Waals surface area contributed by atoms with Gasteiger partial charge in [0.15, 0.2) is 0 Å². The summed E-state index contributed by atoms with van der Waals surface area (Å²) in [6.45, 7) is 12.9. The van der Waals surface area contributed by atoms with Crippen LogP contribution in [0.1, 0.15) is 63.6 Å². The maximum Gasteiger partial charge on any atom is 0.0233 e. The van der Waals surface area contributed by atoms with E-state index in [-0.39, 0.29) is 0 Å². The van der Waals surface area contributed by atoms with Crippen LogP contribution in [-0.4, -0.2) is 18.0 Å². The molecule has 0 atom stereocenters. The summed E-state index contributed by atoms with van der Waals surface area (Å²) >= 11 is 0. The van der Waals surface area contributed by atoms with Crippen molar-refractivity contribution in [3.8, 4) is 11.1 Å². The van der Waals surface area contributed by atoms with E-state index in [0.717, 1.165) is 19.4 Å². The number of aryl methyl sites for hydroxylation is 2. The van der Waals surface area contributed by atoms with Crippen LogP contribution in [-0.2, 0) is 19.4 Å². The number of hydrogen-bond donors (Lipinski definition) is 0. The molecule has 0 unspecified atom stereocenters. The van der Waals surface area contributed by atoms with E-state index in [1.165, 1.54) is 70.9 Å². The summed E-state index contributed by atoms with van der Waals surface area (Å²) in [6, 6.07) is 20.9. The Labute approximate surface area is 183 Å². The summed E-state index contributed by atoms with van der Waals surface area (Å²) < 4.78 is 0. The molecule has 3 aromatic rings. The van der Waals surface area contributed by atoms with Gasteiger partial charge in [0.2, 0.25) is 0 Å². The summed E-state index contributed by atoms with van der Waals surface area (Å²) in [5, 5.41) is 2.81. The van der Waals surface area contributed by atoms with Crippen molar-refractivity contribution in [1.29, 1.82) is 0 Å². The monoisotopic (exact) mass is 399 g/mol. The molecule has 0 radical (unpaired) electrons. The molecule has 1 nitrogen and oxygen atoms in total. The van der Waals surface area contributed by atoms with E-state index >= 15 is 0 Å². The van der Waals surface area contributed by atoms with Crippen molar-refractivity contribution >= 4 is 10.8 Å². The van der Waals surface area contributed by atoms with E-state index in [1.54, 1.807) is 0 Å². The van der Waals surface area contributed by atoms with Crippen LogP contribution in [0.4, 0.5) is 0 Å². The van der Waals surface area contributed by atoms with Gasteiger partial charge in [-0.05, 0) is 82.8 Å². The fourth-order valence-corrected chi connectivity index (χ4v) is 4.97. The second-order valence-corrected chi connectivity index (χ2v) is 9.85. The van der Waals surface area contributed by atoms with Gasteiger partial charge in [0.25, 0.3) is 0 Å². The maximum absolute atomic E-state index is 2.63. The van der Waals surface area contributed by atoms with Crippen molar-refractivity contribution in [3.63, 3.8) is 0 Å². The SMILES string of the molecule is CCCc1cccc2c(-c3ccc(CN4CCC(C)(C)CC4)cc3CC)cccc12. The molecule has 1 heterocycles. The largest absolute Gasteiger partial charge is 0.299 e. The van der Waals surface area contributed by atoms with Gasteiger partial charge in [-0.3, -0.25) is 4.90 Å². The van der Waals surface area contributed by atoms with Gasteiger partial charge in [0.1, 0.15) is 0 Å². The lowest BCUT2D eigenvalue weighted by atomic mass is 9.82.